The number of nitrogens with zero attached hydrogens (tertiary/aromatic N) is 2. The van der Waals surface area contributed by atoms with E-state index in [0.717, 1.165) is 24.1 Å². The van der Waals surface area contributed by atoms with Crippen molar-refractivity contribution in [2.45, 2.75) is 25.4 Å². The maximum absolute atomic E-state index is 10.5. The van der Waals surface area contributed by atoms with E-state index in [1.165, 1.54) is 0 Å². The summed E-state index contributed by atoms with van der Waals surface area (Å²) in [6, 6.07) is 7.91. The second kappa shape index (κ2) is 4.75. The maximum Gasteiger partial charge on any atom is 0.260 e. The molecule has 0 aliphatic carbocycles. The lowest BCUT2D eigenvalue weighted by Crippen LogP contribution is -2.43. The number of piperidine rings is 1. The molecule has 1 fully saturated rings. The Kier molecular flexibility index (Phi) is 3.08. The van der Waals surface area contributed by atoms with Gasteiger partial charge in [-0.3, -0.25) is 0 Å². The van der Waals surface area contributed by atoms with Crippen molar-refractivity contribution in [3.8, 4) is 11.4 Å². The van der Waals surface area contributed by atoms with E-state index in [1.54, 1.807) is 0 Å². The first-order valence-corrected chi connectivity index (χ1v) is 6.52. The molecule has 100 valence electrons. The van der Waals surface area contributed by atoms with Gasteiger partial charge in [-0.15, -0.1) is 0 Å². The van der Waals surface area contributed by atoms with Gasteiger partial charge in [0.2, 0.25) is 5.82 Å². The highest BCUT2D eigenvalue weighted by atomic mass is 16.5. The summed E-state index contributed by atoms with van der Waals surface area (Å²) < 4.78 is 5.25. The highest BCUT2D eigenvalue weighted by Gasteiger charge is 2.37. The van der Waals surface area contributed by atoms with Crippen LogP contribution in [0.2, 0.25) is 0 Å². The van der Waals surface area contributed by atoms with Crippen LogP contribution in [-0.2, 0) is 5.60 Å². The van der Waals surface area contributed by atoms with E-state index in [2.05, 4.69) is 15.5 Å². The summed E-state index contributed by atoms with van der Waals surface area (Å²) in [7, 11) is 0. The molecule has 1 aromatic heterocycles. The molecule has 0 spiro atoms. The Hall–Kier alpha value is -1.72. The number of nitrogens with one attached hydrogen (secondary N) is 1. The molecule has 0 amide bonds. The van der Waals surface area contributed by atoms with Crippen molar-refractivity contribution in [3.05, 3.63) is 35.7 Å². The third-order valence-electron chi connectivity index (χ3n) is 3.46. The lowest BCUT2D eigenvalue weighted by Gasteiger charge is -2.28. The van der Waals surface area contributed by atoms with Gasteiger partial charge in [0.15, 0.2) is 5.60 Å². The molecule has 1 aromatic carbocycles. The molecule has 19 heavy (non-hydrogen) atoms. The summed E-state index contributed by atoms with van der Waals surface area (Å²) in [5, 5.41) is 17.6. The van der Waals surface area contributed by atoms with Crippen molar-refractivity contribution < 1.29 is 9.63 Å². The van der Waals surface area contributed by atoms with Crippen molar-refractivity contribution in [3.63, 3.8) is 0 Å². The number of benzene rings is 1. The number of rotatable bonds is 2. The normalized spacial score (nSPS) is 23.5. The van der Waals surface area contributed by atoms with Crippen LogP contribution in [0.3, 0.4) is 0 Å². The SMILES string of the molecule is Cc1cccc(-c2noc(C3(O)CCCNC3)n2)c1. The van der Waals surface area contributed by atoms with Crippen molar-refractivity contribution in [1.29, 1.82) is 0 Å². The molecule has 1 saturated heterocycles. The number of aryl methyl sites for hydroxylation is 1. The number of aliphatic hydroxyl groups is 1. The van der Waals surface area contributed by atoms with Gasteiger partial charge in [-0.05, 0) is 32.4 Å². The minimum absolute atomic E-state index is 0.302. The van der Waals surface area contributed by atoms with Crippen molar-refractivity contribution in [1.82, 2.24) is 15.5 Å². The second-order valence-electron chi connectivity index (χ2n) is 5.10. The zero-order chi connectivity index (χ0) is 13.3. The number of aromatic nitrogens is 2. The molecule has 0 bridgehead atoms. The number of β-amino-alcohol motifs (C(OH)–C–C–N with tert-alkyl or cyclic N) is 1. The van der Waals surface area contributed by atoms with E-state index < -0.39 is 5.60 Å². The topological polar surface area (TPSA) is 71.2 Å². The Bertz CT molecular complexity index is 574. The van der Waals surface area contributed by atoms with Crippen LogP contribution in [0.15, 0.2) is 28.8 Å². The minimum atomic E-state index is -1.03. The molecule has 5 heteroatoms. The average Bonchev–Trinajstić information content (AvgIpc) is 2.90. The molecule has 5 nitrogen and oxygen atoms in total. The van der Waals surface area contributed by atoms with E-state index in [1.807, 2.05) is 31.2 Å². The quantitative estimate of drug-likeness (QED) is 0.857. The predicted octanol–water partition coefficient (Wildman–Crippen LogP) is 1.62. The highest BCUT2D eigenvalue weighted by molar-refractivity contribution is 5.55. The van der Waals surface area contributed by atoms with Crippen LogP contribution in [0, 0.1) is 6.92 Å². The molecular weight excluding hydrogens is 242 g/mol. The van der Waals surface area contributed by atoms with Crippen LogP contribution >= 0.6 is 0 Å². The van der Waals surface area contributed by atoms with Crippen LogP contribution in [0.5, 0.6) is 0 Å². The predicted molar refractivity (Wildman–Crippen MR) is 70.5 cm³/mol. The van der Waals surface area contributed by atoms with Gasteiger partial charge in [-0.25, -0.2) is 0 Å². The molecule has 0 saturated carbocycles. The fraction of sp³-hybridized carbons (Fsp3) is 0.429. The third-order valence-corrected chi connectivity index (χ3v) is 3.46. The molecule has 1 aliphatic rings. The molecule has 3 rings (SSSR count). The first kappa shape index (κ1) is 12.3. The monoisotopic (exact) mass is 259 g/mol. The molecular formula is C14H17N3O2. The summed E-state index contributed by atoms with van der Waals surface area (Å²) in [6.07, 6.45) is 1.55. The van der Waals surface area contributed by atoms with Gasteiger partial charge in [0.25, 0.3) is 5.89 Å². The first-order valence-electron chi connectivity index (χ1n) is 6.52. The molecule has 1 aliphatic heterocycles. The van der Waals surface area contributed by atoms with Gasteiger partial charge in [-0.1, -0.05) is 28.9 Å². The van der Waals surface area contributed by atoms with Crippen molar-refractivity contribution >= 4 is 0 Å². The number of hydrogen-bond acceptors (Lipinski definition) is 5. The molecule has 2 N–H and O–H groups in total. The van der Waals surface area contributed by atoms with Gasteiger partial charge >= 0.3 is 0 Å². The van der Waals surface area contributed by atoms with Crippen LogP contribution in [0.25, 0.3) is 11.4 Å². The molecule has 1 atom stereocenters. The van der Waals surface area contributed by atoms with E-state index >= 15 is 0 Å². The van der Waals surface area contributed by atoms with Crippen LogP contribution in [0.4, 0.5) is 0 Å². The van der Waals surface area contributed by atoms with Gasteiger partial charge < -0.3 is 14.9 Å². The first-order chi connectivity index (χ1) is 9.17. The Labute approximate surface area is 111 Å². The summed E-state index contributed by atoms with van der Waals surface area (Å²) in [4.78, 5) is 4.35. The van der Waals surface area contributed by atoms with Crippen molar-refractivity contribution in [2.75, 3.05) is 13.1 Å². The van der Waals surface area contributed by atoms with Crippen LogP contribution in [0.1, 0.15) is 24.3 Å². The van der Waals surface area contributed by atoms with Crippen molar-refractivity contribution in [2.24, 2.45) is 0 Å². The molecule has 2 aromatic rings. The Morgan fingerprint density at radius 1 is 1.42 bits per heavy atom. The zero-order valence-corrected chi connectivity index (χ0v) is 10.9. The fourth-order valence-corrected chi connectivity index (χ4v) is 2.39. The summed E-state index contributed by atoms with van der Waals surface area (Å²) >= 11 is 0. The van der Waals surface area contributed by atoms with E-state index in [4.69, 9.17) is 4.52 Å². The second-order valence-corrected chi connectivity index (χ2v) is 5.10. The molecule has 0 radical (unpaired) electrons. The van der Waals surface area contributed by atoms with E-state index in [0.29, 0.717) is 24.7 Å². The Morgan fingerprint density at radius 2 is 2.32 bits per heavy atom. The molecule has 2 heterocycles. The third kappa shape index (κ3) is 2.39. The largest absolute Gasteiger partial charge is 0.379 e. The maximum atomic E-state index is 10.5. The Morgan fingerprint density at radius 3 is 3.05 bits per heavy atom. The van der Waals surface area contributed by atoms with Crippen LogP contribution in [-0.4, -0.2) is 28.3 Å². The Balaban J connectivity index is 1.91. The zero-order valence-electron chi connectivity index (χ0n) is 10.9. The smallest absolute Gasteiger partial charge is 0.260 e. The van der Waals surface area contributed by atoms with Gasteiger partial charge in [0.1, 0.15) is 0 Å². The standard InChI is InChI=1S/C14H17N3O2/c1-10-4-2-5-11(8-10)12-16-13(19-17-12)14(18)6-3-7-15-9-14/h2,4-5,8,15,18H,3,6-7,9H2,1H3. The van der Waals surface area contributed by atoms with Gasteiger partial charge in [-0.2, -0.15) is 4.98 Å². The van der Waals surface area contributed by atoms with Gasteiger partial charge in [0, 0.05) is 12.1 Å². The van der Waals surface area contributed by atoms with Gasteiger partial charge in [0.05, 0.1) is 0 Å². The lowest BCUT2D eigenvalue weighted by molar-refractivity contribution is -0.0167. The minimum Gasteiger partial charge on any atom is -0.379 e. The fourth-order valence-electron chi connectivity index (χ4n) is 2.39. The summed E-state index contributed by atoms with van der Waals surface area (Å²) in [5.74, 6) is 0.828. The lowest BCUT2D eigenvalue weighted by atomic mass is 9.94. The van der Waals surface area contributed by atoms with Crippen LogP contribution < -0.4 is 5.32 Å². The average molecular weight is 259 g/mol. The summed E-state index contributed by atoms with van der Waals surface area (Å²) in [5.41, 5.74) is 1.01. The van der Waals surface area contributed by atoms with E-state index in [9.17, 15) is 5.11 Å². The number of hydrogen-bond donors (Lipinski definition) is 2. The summed E-state index contributed by atoms with van der Waals surface area (Å²) in [6.45, 7) is 3.40. The molecule has 1 unspecified atom stereocenters. The van der Waals surface area contributed by atoms with E-state index in [-0.39, 0.29) is 0 Å². The highest BCUT2D eigenvalue weighted by Crippen LogP contribution is 2.28.